The largest absolute Gasteiger partial charge is 0.330 e. The van der Waals surface area contributed by atoms with Gasteiger partial charge in [0.2, 0.25) is 0 Å². The Morgan fingerprint density at radius 2 is 2.22 bits per heavy atom. The highest BCUT2D eigenvalue weighted by molar-refractivity contribution is 7.09. The van der Waals surface area contributed by atoms with Crippen molar-refractivity contribution in [3.8, 4) is 0 Å². The van der Waals surface area contributed by atoms with Crippen LogP contribution in [-0.4, -0.2) is 29.5 Å². The van der Waals surface area contributed by atoms with Gasteiger partial charge in [0.1, 0.15) is 0 Å². The van der Waals surface area contributed by atoms with Crippen LogP contribution in [0.25, 0.3) is 0 Å². The number of nitrogens with two attached hydrogens (primary N) is 1. The monoisotopic (exact) mass is 267 g/mol. The third-order valence-corrected chi connectivity index (χ3v) is 5.09. The van der Waals surface area contributed by atoms with Crippen LogP contribution in [0.3, 0.4) is 0 Å². The van der Waals surface area contributed by atoms with E-state index in [1.807, 2.05) is 0 Å². The maximum Gasteiger partial charge on any atom is 0.0926 e. The number of nitrogens with zero attached hydrogens (tertiary/aromatic N) is 2. The lowest BCUT2D eigenvalue weighted by molar-refractivity contribution is 0.126. The number of hydrogen-bond donors (Lipinski definition) is 1. The predicted molar refractivity (Wildman–Crippen MR) is 77.8 cm³/mol. The zero-order chi connectivity index (χ0) is 13.0. The van der Waals surface area contributed by atoms with Crippen LogP contribution in [0.1, 0.15) is 43.3 Å². The molecule has 0 aromatic carbocycles. The molecule has 1 aromatic heterocycles. The second-order valence-electron chi connectivity index (χ2n) is 5.35. The first-order valence-electron chi connectivity index (χ1n) is 7.08. The lowest BCUT2D eigenvalue weighted by atomic mass is 9.83. The summed E-state index contributed by atoms with van der Waals surface area (Å²) in [6.07, 6.45) is 6.33. The Bertz CT molecular complexity index is 364. The zero-order valence-electron chi connectivity index (χ0n) is 11.6. The first kappa shape index (κ1) is 14.0. The van der Waals surface area contributed by atoms with E-state index in [0.29, 0.717) is 12.0 Å². The highest BCUT2D eigenvalue weighted by atomic mass is 32.1. The van der Waals surface area contributed by atoms with Crippen molar-refractivity contribution in [1.82, 2.24) is 9.88 Å². The molecule has 1 aliphatic carbocycles. The van der Waals surface area contributed by atoms with Gasteiger partial charge in [0.05, 0.1) is 10.7 Å². The summed E-state index contributed by atoms with van der Waals surface area (Å²) in [6.45, 7) is 3.96. The van der Waals surface area contributed by atoms with Crippen molar-refractivity contribution in [2.45, 2.75) is 51.6 Å². The topological polar surface area (TPSA) is 42.2 Å². The van der Waals surface area contributed by atoms with Gasteiger partial charge in [-0.25, -0.2) is 4.98 Å². The van der Waals surface area contributed by atoms with E-state index in [1.54, 1.807) is 11.3 Å². The van der Waals surface area contributed by atoms with Crippen LogP contribution in [0.15, 0.2) is 5.38 Å². The average molecular weight is 267 g/mol. The molecule has 0 saturated heterocycles. The minimum absolute atomic E-state index is 0.649. The Morgan fingerprint density at radius 3 is 2.89 bits per heavy atom. The molecule has 0 spiro atoms. The Kier molecular flexibility index (Phi) is 5.15. The molecule has 0 radical (unpaired) electrons. The molecule has 0 amide bonds. The van der Waals surface area contributed by atoms with E-state index in [2.05, 4.69) is 29.2 Å². The van der Waals surface area contributed by atoms with Crippen molar-refractivity contribution in [1.29, 1.82) is 0 Å². The maximum absolute atomic E-state index is 5.91. The van der Waals surface area contributed by atoms with Gasteiger partial charge < -0.3 is 5.73 Å². The molecule has 1 fully saturated rings. The summed E-state index contributed by atoms with van der Waals surface area (Å²) in [4.78, 5) is 7.12. The van der Waals surface area contributed by atoms with E-state index >= 15 is 0 Å². The summed E-state index contributed by atoms with van der Waals surface area (Å²) in [6, 6.07) is 0.649. The molecule has 18 heavy (non-hydrogen) atoms. The summed E-state index contributed by atoms with van der Waals surface area (Å²) < 4.78 is 0. The van der Waals surface area contributed by atoms with E-state index in [1.165, 1.54) is 36.4 Å². The maximum atomic E-state index is 5.91. The van der Waals surface area contributed by atoms with E-state index in [9.17, 15) is 0 Å². The van der Waals surface area contributed by atoms with E-state index in [0.717, 1.165) is 19.5 Å². The number of aryl methyl sites for hydroxylation is 1. The van der Waals surface area contributed by atoms with Crippen molar-refractivity contribution >= 4 is 11.3 Å². The lowest BCUT2D eigenvalue weighted by Gasteiger charge is -2.37. The predicted octanol–water partition coefficient (Wildman–Crippen LogP) is 2.65. The molecule has 4 heteroatoms. The SMILES string of the molecule is CCc1nc(CN(C)C2CCCCC2CN)cs1. The van der Waals surface area contributed by atoms with Gasteiger partial charge >= 0.3 is 0 Å². The highest BCUT2D eigenvalue weighted by Gasteiger charge is 2.27. The average Bonchev–Trinajstić information content (AvgIpc) is 2.86. The minimum Gasteiger partial charge on any atom is -0.330 e. The number of thiazole rings is 1. The van der Waals surface area contributed by atoms with Gasteiger partial charge in [-0.2, -0.15) is 0 Å². The van der Waals surface area contributed by atoms with Crippen LogP contribution in [0.5, 0.6) is 0 Å². The molecule has 2 N–H and O–H groups in total. The van der Waals surface area contributed by atoms with Crippen LogP contribution in [0.2, 0.25) is 0 Å². The normalized spacial score (nSPS) is 24.7. The molecule has 102 valence electrons. The zero-order valence-corrected chi connectivity index (χ0v) is 12.4. The molecule has 1 aromatic rings. The van der Waals surface area contributed by atoms with Crippen LogP contribution in [0, 0.1) is 5.92 Å². The van der Waals surface area contributed by atoms with Gasteiger partial charge in [-0.1, -0.05) is 19.8 Å². The van der Waals surface area contributed by atoms with Crippen molar-refractivity contribution in [3.05, 3.63) is 16.1 Å². The van der Waals surface area contributed by atoms with Crippen molar-refractivity contribution in [3.63, 3.8) is 0 Å². The second kappa shape index (κ2) is 6.64. The van der Waals surface area contributed by atoms with Crippen LogP contribution in [-0.2, 0) is 13.0 Å². The second-order valence-corrected chi connectivity index (χ2v) is 6.29. The molecule has 2 rings (SSSR count). The van der Waals surface area contributed by atoms with E-state index < -0.39 is 0 Å². The first-order valence-corrected chi connectivity index (χ1v) is 7.96. The number of hydrogen-bond acceptors (Lipinski definition) is 4. The quantitative estimate of drug-likeness (QED) is 0.892. The molecule has 1 saturated carbocycles. The van der Waals surface area contributed by atoms with Crippen molar-refractivity contribution in [2.24, 2.45) is 11.7 Å². The van der Waals surface area contributed by atoms with Gasteiger partial charge in [0, 0.05) is 18.0 Å². The number of aromatic nitrogens is 1. The fourth-order valence-corrected chi connectivity index (χ4v) is 3.74. The van der Waals surface area contributed by atoms with Crippen LogP contribution < -0.4 is 5.73 Å². The smallest absolute Gasteiger partial charge is 0.0926 e. The highest BCUT2D eigenvalue weighted by Crippen LogP contribution is 2.28. The van der Waals surface area contributed by atoms with E-state index in [4.69, 9.17) is 5.73 Å². The Balaban J connectivity index is 1.95. The summed E-state index contributed by atoms with van der Waals surface area (Å²) in [5, 5.41) is 3.45. The fraction of sp³-hybridized carbons (Fsp3) is 0.786. The third-order valence-electron chi connectivity index (χ3n) is 4.05. The Labute approximate surface area is 114 Å². The summed E-state index contributed by atoms with van der Waals surface area (Å²) in [7, 11) is 2.23. The fourth-order valence-electron chi connectivity index (χ4n) is 3.00. The summed E-state index contributed by atoms with van der Waals surface area (Å²) >= 11 is 1.78. The minimum atomic E-state index is 0.649. The third kappa shape index (κ3) is 3.31. The van der Waals surface area contributed by atoms with Gasteiger partial charge in [-0.15, -0.1) is 11.3 Å². The van der Waals surface area contributed by atoms with E-state index in [-0.39, 0.29) is 0 Å². The Hall–Kier alpha value is -0.450. The molecule has 3 nitrogen and oxygen atoms in total. The number of rotatable bonds is 5. The van der Waals surface area contributed by atoms with Gasteiger partial charge in [-0.3, -0.25) is 4.90 Å². The summed E-state index contributed by atoms with van der Waals surface area (Å²) in [5.74, 6) is 0.674. The Morgan fingerprint density at radius 1 is 1.44 bits per heavy atom. The molecule has 1 heterocycles. The molecular weight excluding hydrogens is 242 g/mol. The standard InChI is InChI=1S/C14H25N3S/c1-3-14-16-12(10-18-14)9-17(2)13-7-5-4-6-11(13)8-15/h10-11,13H,3-9,15H2,1-2H3. The summed E-state index contributed by atoms with van der Waals surface area (Å²) in [5.41, 5.74) is 7.13. The molecule has 2 unspecified atom stereocenters. The van der Waals surface area contributed by atoms with Crippen LogP contribution >= 0.6 is 11.3 Å². The van der Waals surface area contributed by atoms with Gasteiger partial charge in [-0.05, 0) is 38.8 Å². The molecule has 1 aliphatic rings. The van der Waals surface area contributed by atoms with Gasteiger partial charge in [0.25, 0.3) is 0 Å². The van der Waals surface area contributed by atoms with Crippen molar-refractivity contribution in [2.75, 3.05) is 13.6 Å². The van der Waals surface area contributed by atoms with Crippen LogP contribution in [0.4, 0.5) is 0 Å². The molecule has 0 bridgehead atoms. The first-order chi connectivity index (χ1) is 8.74. The molecule has 2 atom stereocenters. The molecule has 0 aliphatic heterocycles. The lowest BCUT2D eigenvalue weighted by Crippen LogP contribution is -2.42. The molecular formula is C14H25N3S. The van der Waals surface area contributed by atoms with Gasteiger partial charge in [0.15, 0.2) is 0 Å². The van der Waals surface area contributed by atoms with Crippen molar-refractivity contribution < 1.29 is 0 Å².